The van der Waals surface area contributed by atoms with Gasteiger partial charge in [-0.2, -0.15) is 0 Å². The minimum Gasteiger partial charge on any atom is -0.481 e. The average Bonchev–Trinajstić information content (AvgIpc) is 3.21. The van der Waals surface area contributed by atoms with Crippen LogP contribution in [0.25, 0.3) is 10.6 Å². The summed E-state index contributed by atoms with van der Waals surface area (Å²) in [6, 6.07) is 12.3. The van der Waals surface area contributed by atoms with Crippen LogP contribution in [0.4, 0.5) is 4.39 Å². The van der Waals surface area contributed by atoms with Crippen LogP contribution in [0.2, 0.25) is 0 Å². The zero-order valence-electron chi connectivity index (χ0n) is 16.8. The number of thiazole rings is 1. The SMILES string of the molecule is CC(=O)c1ccc(OC(C)C(=O)NNC(=O)Cc2csc(-c3ccc(F)cc3)n2)cc1. The van der Waals surface area contributed by atoms with E-state index in [2.05, 4.69) is 15.8 Å². The molecule has 0 aliphatic rings. The van der Waals surface area contributed by atoms with Crippen molar-refractivity contribution in [3.05, 3.63) is 71.0 Å². The molecular formula is C22H20FN3O4S. The predicted molar refractivity (Wildman–Crippen MR) is 114 cm³/mol. The van der Waals surface area contributed by atoms with Crippen molar-refractivity contribution in [3.63, 3.8) is 0 Å². The molecule has 0 saturated heterocycles. The zero-order valence-corrected chi connectivity index (χ0v) is 17.7. The second-order valence-electron chi connectivity index (χ2n) is 6.71. The number of carbonyl (C=O) groups is 3. The molecule has 31 heavy (non-hydrogen) atoms. The molecule has 3 rings (SSSR count). The molecule has 7 nitrogen and oxygen atoms in total. The van der Waals surface area contributed by atoms with E-state index in [0.717, 1.165) is 5.56 Å². The summed E-state index contributed by atoms with van der Waals surface area (Å²) in [6.45, 7) is 3.00. The summed E-state index contributed by atoms with van der Waals surface area (Å²) in [7, 11) is 0. The van der Waals surface area contributed by atoms with Gasteiger partial charge in [-0.3, -0.25) is 25.2 Å². The van der Waals surface area contributed by atoms with Crippen LogP contribution in [-0.4, -0.2) is 28.7 Å². The first-order chi connectivity index (χ1) is 14.8. The first-order valence-electron chi connectivity index (χ1n) is 9.38. The molecule has 2 aromatic carbocycles. The number of rotatable bonds is 7. The van der Waals surface area contributed by atoms with E-state index in [-0.39, 0.29) is 18.0 Å². The van der Waals surface area contributed by atoms with Crippen LogP contribution in [0.5, 0.6) is 5.75 Å². The highest BCUT2D eigenvalue weighted by atomic mass is 32.1. The average molecular weight is 441 g/mol. The largest absolute Gasteiger partial charge is 0.481 e. The number of carbonyl (C=O) groups excluding carboxylic acids is 3. The number of hydrogen-bond acceptors (Lipinski definition) is 6. The maximum Gasteiger partial charge on any atom is 0.279 e. The van der Waals surface area contributed by atoms with E-state index >= 15 is 0 Å². The van der Waals surface area contributed by atoms with E-state index in [0.29, 0.717) is 22.0 Å². The van der Waals surface area contributed by atoms with E-state index in [1.54, 1.807) is 41.8 Å². The summed E-state index contributed by atoms with van der Waals surface area (Å²) in [5.41, 5.74) is 6.48. The lowest BCUT2D eigenvalue weighted by Gasteiger charge is -2.15. The van der Waals surface area contributed by atoms with Gasteiger partial charge in [0.2, 0.25) is 5.91 Å². The quantitative estimate of drug-likeness (QED) is 0.433. The fraction of sp³-hybridized carbons (Fsp3) is 0.182. The highest BCUT2D eigenvalue weighted by molar-refractivity contribution is 7.13. The molecule has 1 heterocycles. The second-order valence-corrected chi connectivity index (χ2v) is 7.56. The normalized spacial score (nSPS) is 11.5. The molecule has 2 amide bonds. The van der Waals surface area contributed by atoms with Gasteiger partial charge in [0.05, 0.1) is 12.1 Å². The third kappa shape index (κ3) is 6.19. The van der Waals surface area contributed by atoms with Gasteiger partial charge in [0.25, 0.3) is 5.91 Å². The topological polar surface area (TPSA) is 97.4 Å². The molecule has 0 radical (unpaired) electrons. The molecule has 0 fully saturated rings. The Morgan fingerprint density at radius 2 is 1.74 bits per heavy atom. The Morgan fingerprint density at radius 3 is 2.39 bits per heavy atom. The molecule has 2 N–H and O–H groups in total. The highest BCUT2D eigenvalue weighted by Crippen LogP contribution is 2.24. The van der Waals surface area contributed by atoms with E-state index in [1.807, 2.05) is 0 Å². The number of benzene rings is 2. The number of ether oxygens (including phenoxy) is 1. The third-order valence-corrected chi connectivity index (χ3v) is 5.19. The van der Waals surface area contributed by atoms with Crippen molar-refractivity contribution in [1.82, 2.24) is 15.8 Å². The maximum atomic E-state index is 13.0. The van der Waals surface area contributed by atoms with Crippen molar-refractivity contribution >= 4 is 28.9 Å². The summed E-state index contributed by atoms with van der Waals surface area (Å²) in [4.78, 5) is 39.9. The molecule has 1 atom stereocenters. The Morgan fingerprint density at radius 1 is 1.06 bits per heavy atom. The number of amides is 2. The minimum absolute atomic E-state index is 0.0281. The van der Waals surface area contributed by atoms with Gasteiger partial charge in [0.15, 0.2) is 11.9 Å². The highest BCUT2D eigenvalue weighted by Gasteiger charge is 2.16. The molecule has 0 saturated carbocycles. The fourth-order valence-corrected chi connectivity index (χ4v) is 3.41. The number of nitrogens with one attached hydrogen (secondary N) is 2. The van der Waals surface area contributed by atoms with Crippen molar-refractivity contribution in [1.29, 1.82) is 0 Å². The molecule has 3 aromatic rings. The van der Waals surface area contributed by atoms with Crippen molar-refractivity contribution in [2.24, 2.45) is 0 Å². The van der Waals surface area contributed by atoms with Gasteiger partial charge in [-0.05, 0) is 62.4 Å². The van der Waals surface area contributed by atoms with Crippen LogP contribution in [0.15, 0.2) is 53.9 Å². The second kappa shape index (κ2) is 9.94. The van der Waals surface area contributed by atoms with Crippen LogP contribution in [-0.2, 0) is 16.0 Å². The number of hydrazine groups is 1. The smallest absolute Gasteiger partial charge is 0.279 e. The number of Topliss-reactive ketones (excluding diaryl/α,β-unsaturated/α-hetero) is 1. The number of halogens is 1. The first-order valence-corrected chi connectivity index (χ1v) is 10.3. The van der Waals surface area contributed by atoms with Gasteiger partial charge < -0.3 is 4.74 Å². The molecule has 0 bridgehead atoms. The lowest BCUT2D eigenvalue weighted by atomic mass is 10.1. The van der Waals surface area contributed by atoms with Crippen LogP contribution >= 0.6 is 11.3 Å². The van der Waals surface area contributed by atoms with E-state index < -0.39 is 17.9 Å². The summed E-state index contributed by atoms with van der Waals surface area (Å²) in [5, 5.41) is 2.40. The van der Waals surface area contributed by atoms with Crippen molar-refractivity contribution in [2.75, 3.05) is 0 Å². The Labute approximate surface area is 182 Å². The summed E-state index contributed by atoms with van der Waals surface area (Å²) in [5.74, 6) is -0.946. The summed E-state index contributed by atoms with van der Waals surface area (Å²) in [6.07, 6.45) is -0.896. The number of nitrogens with zero attached hydrogens (tertiary/aromatic N) is 1. The standard InChI is InChI=1S/C22H20FN3O4S/c1-13(27)15-5-9-19(10-6-15)30-14(2)21(29)26-25-20(28)11-18-12-31-22(24-18)16-3-7-17(23)8-4-16/h3-10,12,14H,11H2,1-2H3,(H,25,28)(H,26,29). The predicted octanol–water partition coefficient (Wildman–Crippen LogP) is 3.31. The molecule has 1 unspecified atom stereocenters. The van der Waals surface area contributed by atoms with E-state index in [9.17, 15) is 18.8 Å². The van der Waals surface area contributed by atoms with Crippen LogP contribution in [0.1, 0.15) is 29.9 Å². The van der Waals surface area contributed by atoms with E-state index in [4.69, 9.17) is 4.74 Å². The zero-order chi connectivity index (χ0) is 22.4. The minimum atomic E-state index is -0.868. The molecule has 9 heteroatoms. The molecule has 0 aliphatic carbocycles. The lowest BCUT2D eigenvalue weighted by molar-refractivity contribution is -0.132. The fourth-order valence-electron chi connectivity index (χ4n) is 2.58. The molecule has 160 valence electrons. The van der Waals surface area contributed by atoms with E-state index in [1.165, 1.54) is 37.3 Å². The molecule has 0 aliphatic heterocycles. The number of hydrogen-bond donors (Lipinski definition) is 2. The third-order valence-electron chi connectivity index (χ3n) is 4.25. The lowest BCUT2D eigenvalue weighted by Crippen LogP contribution is -2.47. The maximum absolute atomic E-state index is 13.0. The van der Waals surface area contributed by atoms with Crippen LogP contribution in [0, 0.1) is 5.82 Å². The number of ketones is 1. The summed E-state index contributed by atoms with van der Waals surface area (Å²) < 4.78 is 18.5. The van der Waals surface area contributed by atoms with Gasteiger partial charge in [-0.25, -0.2) is 9.37 Å². The molecule has 1 aromatic heterocycles. The monoisotopic (exact) mass is 441 g/mol. The molecular weight excluding hydrogens is 421 g/mol. The Balaban J connectivity index is 1.47. The van der Waals surface area contributed by atoms with Gasteiger partial charge in [0, 0.05) is 16.5 Å². The van der Waals surface area contributed by atoms with Crippen molar-refractivity contribution < 1.29 is 23.5 Å². The van der Waals surface area contributed by atoms with Crippen molar-refractivity contribution in [2.45, 2.75) is 26.4 Å². The summed E-state index contributed by atoms with van der Waals surface area (Å²) >= 11 is 1.34. The van der Waals surface area contributed by atoms with Gasteiger partial charge in [0.1, 0.15) is 16.6 Å². The van der Waals surface area contributed by atoms with Crippen LogP contribution in [0.3, 0.4) is 0 Å². The Hall–Kier alpha value is -3.59. The number of aromatic nitrogens is 1. The van der Waals surface area contributed by atoms with Gasteiger partial charge in [-0.1, -0.05) is 0 Å². The van der Waals surface area contributed by atoms with Crippen LogP contribution < -0.4 is 15.6 Å². The molecule has 0 spiro atoms. The Bertz CT molecular complexity index is 1080. The van der Waals surface area contributed by atoms with Crippen molar-refractivity contribution in [3.8, 4) is 16.3 Å². The first kappa shape index (κ1) is 22.1. The van der Waals surface area contributed by atoms with Gasteiger partial charge >= 0.3 is 0 Å². The Kier molecular flexibility index (Phi) is 7.09. The van der Waals surface area contributed by atoms with Gasteiger partial charge in [-0.15, -0.1) is 11.3 Å².